The molecule has 33 heavy (non-hydrogen) atoms. The quantitative estimate of drug-likeness (QED) is 0.479. The van der Waals surface area contributed by atoms with E-state index in [-0.39, 0.29) is 11.5 Å². The largest absolute Gasteiger partial charge is 0.493 e. The number of benzene rings is 2. The predicted octanol–water partition coefficient (Wildman–Crippen LogP) is 3.52. The van der Waals surface area contributed by atoms with Crippen LogP contribution in [0.5, 0.6) is 11.5 Å². The average Bonchev–Trinajstić information content (AvgIpc) is 3.20. The second-order valence-electron chi connectivity index (χ2n) is 8.29. The molecule has 0 atom stereocenters. The van der Waals surface area contributed by atoms with Crippen molar-refractivity contribution in [1.82, 2.24) is 19.2 Å². The number of fused-ring (bicyclic) bond motifs is 2. The molecule has 0 bridgehead atoms. The number of rotatable bonds is 4. The maximum Gasteiger partial charge on any atom is 0.264 e. The van der Waals surface area contributed by atoms with Gasteiger partial charge in [0, 0.05) is 37.1 Å². The minimum absolute atomic E-state index is 0.0964. The molecule has 1 aliphatic heterocycles. The van der Waals surface area contributed by atoms with Crippen LogP contribution in [0, 0.1) is 0 Å². The third-order valence-electron chi connectivity index (χ3n) is 6.36. The van der Waals surface area contributed by atoms with Crippen molar-refractivity contribution in [3.8, 4) is 17.3 Å². The van der Waals surface area contributed by atoms with Crippen LogP contribution in [0.4, 0.5) is 0 Å². The molecule has 0 saturated carbocycles. The van der Waals surface area contributed by atoms with Gasteiger partial charge >= 0.3 is 0 Å². The van der Waals surface area contributed by atoms with Crippen LogP contribution in [0.3, 0.4) is 0 Å². The molecule has 170 valence electrons. The zero-order chi connectivity index (χ0) is 23.1. The van der Waals surface area contributed by atoms with E-state index in [2.05, 4.69) is 5.10 Å². The van der Waals surface area contributed by atoms with Crippen molar-refractivity contribution in [3.05, 3.63) is 58.5 Å². The van der Waals surface area contributed by atoms with Gasteiger partial charge in [0.05, 0.1) is 30.7 Å². The molecule has 4 aromatic rings. The third kappa shape index (κ3) is 3.42. The Morgan fingerprint density at radius 3 is 2.30 bits per heavy atom. The fourth-order valence-electron chi connectivity index (χ4n) is 4.63. The number of ether oxygens (including phenoxy) is 2. The lowest BCUT2D eigenvalue weighted by atomic mass is 10.0. The molecule has 1 fully saturated rings. The van der Waals surface area contributed by atoms with E-state index in [0.29, 0.717) is 46.7 Å². The summed E-state index contributed by atoms with van der Waals surface area (Å²) in [6, 6.07) is 11.1. The molecule has 2 aromatic heterocycles. The Kier molecular flexibility index (Phi) is 5.28. The van der Waals surface area contributed by atoms with Crippen molar-refractivity contribution in [2.45, 2.75) is 19.3 Å². The fraction of sp³-hybridized carbons (Fsp3) is 0.320. The van der Waals surface area contributed by atoms with Gasteiger partial charge in [0.25, 0.3) is 11.5 Å². The summed E-state index contributed by atoms with van der Waals surface area (Å²) in [5, 5.41) is 6.37. The van der Waals surface area contributed by atoms with Crippen molar-refractivity contribution in [2.75, 3.05) is 27.3 Å². The number of para-hydroxylation sites is 1. The number of pyridine rings is 1. The van der Waals surface area contributed by atoms with Crippen LogP contribution in [-0.2, 0) is 7.05 Å². The van der Waals surface area contributed by atoms with E-state index in [1.165, 1.54) is 18.8 Å². The van der Waals surface area contributed by atoms with Crippen molar-refractivity contribution in [2.24, 2.45) is 7.05 Å². The molecule has 0 unspecified atom stereocenters. The molecule has 8 nitrogen and oxygen atoms in total. The summed E-state index contributed by atoms with van der Waals surface area (Å²) < 4.78 is 14.1. The van der Waals surface area contributed by atoms with Crippen LogP contribution in [-0.4, -0.2) is 52.5 Å². The lowest BCUT2D eigenvalue weighted by Gasteiger charge is -2.27. The first-order chi connectivity index (χ1) is 16.0. The van der Waals surface area contributed by atoms with Gasteiger partial charge in [0.15, 0.2) is 17.3 Å². The van der Waals surface area contributed by atoms with Gasteiger partial charge in [0.1, 0.15) is 0 Å². The van der Waals surface area contributed by atoms with Crippen LogP contribution < -0.4 is 15.0 Å². The molecule has 8 heteroatoms. The molecule has 2 aromatic carbocycles. The van der Waals surface area contributed by atoms with E-state index in [1.807, 2.05) is 36.2 Å². The highest BCUT2D eigenvalue weighted by molar-refractivity contribution is 6.07. The number of piperidine rings is 1. The van der Waals surface area contributed by atoms with Gasteiger partial charge in [-0.25, -0.2) is 0 Å². The number of hydrogen-bond donors (Lipinski definition) is 0. The first-order valence-corrected chi connectivity index (χ1v) is 11.1. The summed E-state index contributed by atoms with van der Waals surface area (Å²) in [5.41, 5.74) is 1.07. The summed E-state index contributed by atoms with van der Waals surface area (Å²) >= 11 is 0. The minimum atomic E-state index is -0.273. The summed E-state index contributed by atoms with van der Waals surface area (Å²) in [6.45, 7) is 1.42. The molecular weight excluding hydrogens is 420 g/mol. The Labute approximate surface area is 190 Å². The molecule has 0 aliphatic carbocycles. The summed E-state index contributed by atoms with van der Waals surface area (Å²) in [7, 11) is 4.90. The van der Waals surface area contributed by atoms with Gasteiger partial charge < -0.3 is 14.4 Å². The molecule has 0 N–H and O–H groups in total. The van der Waals surface area contributed by atoms with Crippen LogP contribution in [0.25, 0.3) is 27.5 Å². The normalized spacial score (nSPS) is 14.1. The van der Waals surface area contributed by atoms with Gasteiger partial charge in [0.2, 0.25) is 0 Å². The number of hydrogen-bond acceptors (Lipinski definition) is 5. The Morgan fingerprint density at radius 2 is 1.61 bits per heavy atom. The lowest BCUT2D eigenvalue weighted by molar-refractivity contribution is 0.0725. The topological polar surface area (TPSA) is 78.6 Å². The maximum absolute atomic E-state index is 13.7. The summed E-state index contributed by atoms with van der Waals surface area (Å²) in [5.74, 6) is 1.30. The third-order valence-corrected chi connectivity index (χ3v) is 6.36. The fourth-order valence-corrected chi connectivity index (χ4v) is 4.63. The van der Waals surface area contributed by atoms with Crippen LogP contribution in [0.1, 0.15) is 29.6 Å². The van der Waals surface area contributed by atoms with Crippen molar-refractivity contribution in [1.29, 1.82) is 0 Å². The zero-order valence-electron chi connectivity index (χ0n) is 19.0. The number of nitrogens with zero attached hydrogens (tertiary/aromatic N) is 4. The molecule has 1 aliphatic rings. The number of amides is 1. The molecular formula is C25H26N4O4. The van der Waals surface area contributed by atoms with E-state index >= 15 is 0 Å². The molecule has 0 radical (unpaired) electrons. The first-order valence-electron chi connectivity index (χ1n) is 11.1. The first kappa shape index (κ1) is 21.1. The van der Waals surface area contributed by atoms with E-state index < -0.39 is 0 Å². The van der Waals surface area contributed by atoms with Gasteiger partial charge in [-0.1, -0.05) is 12.1 Å². The summed E-state index contributed by atoms with van der Waals surface area (Å²) in [4.78, 5) is 29.2. The van der Waals surface area contributed by atoms with E-state index in [0.717, 1.165) is 30.2 Å². The Bertz CT molecular complexity index is 1430. The van der Waals surface area contributed by atoms with Gasteiger partial charge in [-0.3, -0.25) is 18.8 Å². The second-order valence-corrected chi connectivity index (χ2v) is 8.29. The average molecular weight is 447 g/mol. The van der Waals surface area contributed by atoms with Crippen LogP contribution >= 0.6 is 0 Å². The number of likely N-dealkylation sites (tertiary alicyclic amines) is 1. The molecule has 1 amide bonds. The molecule has 3 heterocycles. The second kappa shape index (κ2) is 8.27. The van der Waals surface area contributed by atoms with Crippen molar-refractivity contribution >= 4 is 27.6 Å². The molecule has 1 saturated heterocycles. The SMILES string of the molecule is COc1cc2c(C(=O)N3CCCCC3)cn(-c3nn(C)c4ccccc34)c(=O)c2cc1OC. The van der Waals surface area contributed by atoms with Crippen molar-refractivity contribution in [3.63, 3.8) is 0 Å². The Hall–Kier alpha value is -3.81. The van der Waals surface area contributed by atoms with Crippen LogP contribution in [0.15, 0.2) is 47.4 Å². The van der Waals surface area contributed by atoms with Gasteiger partial charge in [-0.05, 0) is 43.5 Å². The van der Waals surface area contributed by atoms with Crippen LogP contribution in [0.2, 0.25) is 0 Å². The summed E-state index contributed by atoms with van der Waals surface area (Å²) in [6.07, 6.45) is 4.70. The van der Waals surface area contributed by atoms with Crippen molar-refractivity contribution < 1.29 is 14.3 Å². The highest BCUT2D eigenvalue weighted by atomic mass is 16.5. The monoisotopic (exact) mass is 446 g/mol. The van der Waals surface area contributed by atoms with Gasteiger partial charge in [-0.15, -0.1) is 0 Å². The highest BCUT2D eigenvalue weighted by Gasteiger charge is 2.25. The zero-order valence-corrected chi connectivity index (χ0v) is 19.0. The minimum Gasteiger partial charge on any atom is -0.493 e. The van der Waals surface area contributed by atoms with E-state index in [9.17, 15) is 9.59 Å². The van der Waals surface area contributed by atoms with E-state index in [4.69, 9.17) is 9.47 Å². The highest BCUT2D eigenvalue weighted by Crippen LogP contribution is 2.33. The standard InChI is InChI=1S/C25H26N4O4/c1-27-20-10-6-5-9-16(20)23(26-27)29-15-19(24(30)28-11-7-4-8-12-28)17-13-21(32-2)22(33-3)14-18(17)25(29)31/h5-6,9-10,13-15H,4,7-8,11-12H2,1-3H3. The van der Waals surface area contributed by atoms with E-state index in [1.54, 1.807) is 23.0 Å². The number of aromatic nitrogens is 3. The van der Waals surface area contributed by atoms with Gasteiger partial charge in [-0.2, -0.15) is 5.10 Å². The maximum atomic E-state index is 13.7. The smallest absolute Gasteiger partial charge is 0.264 e. The number of aryl methyl sites for hydroxylation is 1. The number of methoxy groups -OCH3 is 2. The lowest BCUT2D eigenvalue weighted by Crippen LogP contribution is -2.36. The molecule has 0 spiro atoms. The molecule has 5 rings (SSSR count). The number of carbonyl (C=O) groups excluding carboxylic acids is 1. The predicted molar refractivity (Wildman–Crippen MR) is 127 cm³/mol. The Morgan fingerprint density at radius 1 is 0.939 bits per heavy atom. The Balaban J connectivity index is 1.82. The number of carbonyl (C=O) groups is 1.